The lowest BCUT2D eigenvalue weighted by Gasteiger charge is -2.32. The molecule has 0 radical (unpaired) electrons. The first-order valence-electron chi connectivity index (χ1n) is 7.78. The number of anilines is 1. The van der Waals surface area contributed by atoms with Crippen LogP contribution in [0.4, 0.5) is 5.69 Å². The van der Waals surface area contributed by atoms with E-state index in [1.54, 1.807) is 4.90 Å². The van der Waals surface area contributed by atoms with E-state index in [1.807, 2.05) is 0 Å². The average Bonchev–Trinajstić information content (AvgIpc) is 2.99. The molecule has 3 amide bonds. The minimum absolute atomic E-state index is 0.0151. The van der Waals surface area contributed by atoms with Gasteiger partial charge in [0, 0.05) is 31.9 Å². The monoisotopic (exact) mass is 366 g/mol. The van der Waals surface area contributed by atoms with Crippen molar-refractivity contribution in [3.05, 3.63) is 23.8 Å². The van der Waals surface area contributed by atoms with Crippen molar-refractivity contribution in [2.24, 2.45) is 0 Å². The molecular formula is C15H18N4O5S. The van der Waals surface area contributed by atoms with Crippen molar-refractivity contribution >= 4 is 33.9 Å². The van der Waals surface area contributed by atoms with Crippen LogP contribution in [0.5, 0.6) is 0 Å². The SMILES string of the molecule is O=CN1CCN(C(=O)CNS(=O)(=O)c2ccc3c(c2)CC(=O)N3)CC1. The van der Waals surface area contributed by atoms with E-state index < -0.39 is 10.0 Å². The Hall–Kier alpha value is -2.46. The van der Waals surface area contributed by atoms with E-state index in [4.69, 9.17) is 0 Å². The fourth-order valence-corrected chi connectivity index (χ4v) is 3.83. The molecule has 0 aliphatic carbocycles. The Balaban J connectivity index is 1.61. The fraction of sp³-hybridized carbons (Fsp3) is 0.400. The second-order valence-electron chi connectivity index (χ2n) is 5.89. The maximum atomic E-state index is 12.4. The zero-order valence-electron chi connectivity index (χ0n) is 13.4. The van der Waals surface area contributed by atoms with Crippen molar-refractivity contribution in [2.45, 2.75) is 11.3 Å². The normalized spacial score (nSPS) is 17.2. The summed E-state index contributed by atoms with van der Waals surface area (Å²) in [6, 6.07) is 4.36. The molecule has 0 aromatic heterocycles. The molecule has 2 aliphatic rings. The Kier molecular flexibility index (Phi) is 4.73. The average molecular weight is 366 g/mol. The van der Waals surface area contributed by atoms with Crippen LogP contribution in [0.3, 0.4) is 0 Å². The van der Waals surface area contributed by atoms with Gasteiger partial charge in [-0.3, -0.25) is 14.4 Å². The molecule has 2 aliphatic heterocycles. The van der Waals surface area contributed by atoms with E-state index in [1.165, 1.54) is 23.1 Å². The summed E-state index contributed by atoms with van der Waals surface area (Å²) in [5.74, 6) is -0.519. The van der Waals surface area contributed by atoms with Gasteiger partial charge < -0.3 is 15.1 Å². The van der Waals surface area contributed by atoms with Gasteiger partial charge in [0.25, 0.3) is 0 Å². The Morgan fingerprint density at radius 3 is 2.64 bits per heavy atom. The minimum atomic E-state index is -3.85. The third kappa shape index (κ3) is 3.80. The summed E-state index contributed by atoms with van der Waals surface area (Å²) in [5.41, 5.74) is 1.22. The third-order valence-electron chi connectivity index (χ3n) is 4.24. The Morgan fingerprint density at radius 2 is 1.96 bits per heavy atom. The number of piperazine rings is 1. The molecule has 1 aromatic carbocycles. The minimum Gasteiger partial charge on any atom is -0.342 e. The standard InChI is InChI=1S/C15H18N4O5S/c20-10-18-3-5-19(6-4-18)15(22)9-16-25(23,24)12-1-2-13-11(7-12)8-14(21)17-13/h1-2,7,10,16H,3-6,8-9H2,(H,17,21). The van der Waals surface area contributed by atoms with Crippen LogP contribution in [0.2, 0.25) is 0 Å². The molecule has 1 fully saturated rings. The van der Waals surface area contributed by atoms with Gasteiger partial charge in [-0.25, -0.2) is 13.1 Å². The number of fused-ring (bicyclic) bond motifs is 1. The molecule has 2 N–H and O–H groups in total. The molecule has 3 rings (SSSR count). The van der Waals surface area contributed by atoms with E-state index in [9.17, 15) is 22.8 Å². The zero-order valence-corrected chi connectivity index (χ0v) is 14.2. The lowest BCUT2D eigenvalue weighted by molar-refractivity contribution is -0.134. The van der Waals surface area contributed by atoms with Gasteiger partial charge in [-0.15, -0.1) is 0 Å². The zero-order chi connectivity index (χ0) is 18.0. The van der Waals surface area contributed by atoms with Crippen molar-refractivity contribution in [1.82, 2.24) is 14.5 Å². The topological polar surface area (TPSA) is 116 Å². The Bertz CT molecular complexity index is 815. The van der Waals surface area contributed by atoms with Crippen LogP contribution in [0.25, 0.3) is 0 Å². The smallest absolute Gasteiger partial charge is 0.241 e. The second-order valence-corrected chi connectivity index (χ2v) is 7.66. The summed E-state index contributed by atoms with van der Waals surface area (Å²) >= 11 is 0. The molecule has 1 saturated heterocycles. The first-order chi connectivity index (χ1) is 11.9. The Labute approximate surface area is 145 Å². The number of hydrogen-bond donors (Lipinski definition) is 2. The van der Waals surface area contributed by atoms with Crippen LogP contribution in [0.1, 0.15) is 5.56 Å². The molecule has 0 saturated carbocycles. The van der Waals surface area contributed by atoms with E-state index in [-0.39, 0.29) is 29.7 Å². The van der Waals surface area contributed by atoms with Gasteiger partial charge in [0.15, 0.2) is 0 Å². The predicted octanol–water partition coefficient (Wildman–Crippen LogP) is -1.24. The molecule has 134 valence electrons. The quantitative estimate of drug-likeness (QED) is 0.633. The van der Waals surface area contributed by atoms with Gasteiger partial charge in [0.1, 0.15) is 0 Å². The van der Waals surface area contributed by atoms with E-state index in [0.717, 1.165) is 6.41 Å². The van der Waals surface area contributed by atoms with Crippen molar-refractivity contribution < 1.29 is 22.8 Å². The number of carbonyl (C=O) groups is 3. The Morgan fingerprint density at radius 1 is 1.24 bits per heavy atom. The predicted molar refractivity (Wildman–Crippen MR) is 88.2 cm³/mol. The molecule has 0 spiro atoms. The van der Waals surface area contributed by atoms with Gasteiger partial charge >= 0.3 is 0 Å². The molecule has 10 heteroatoms. The molecule has 0 unspecified atom stereocenters. The number of nitrogens with zero attached hydrogens (tertiary/aromatic N) is 2. The summed E-state index contributed by atoms with van der Waals surface area (Å²) in [5, 5.41) is 2.63. The second kappa shape index (κ2) is 6.81. The number of sulfonamides is 1. The summed E-state index contributed by atoms with van der Waals surface area (Å²) in [6.07, 6.45) is 0.872. The number of hydrogen-bond acceptors (Lipinski definition) is 5. The van der Waals surface area contributed by atoms with Crippen molar-refractivity contribution in [3.63, 3.8) is 0 Å². The molecule has 2 heterocycles. The van der Waals surface area contributed by atoms with Gasteiger partial charge in [-0.05, 0) is 23.8 Å². The molecule has 9 nitrogen and oxygen atoms in total. The highest BCUT2D eigenvalue weighted by molar-refractivity contribution is 7.89. The number of nitrogens with one attached hydrogen (secondary N) is 2. The molecular weight excluding hydrogens is 348 g/mol. The molecule has 25 heavy (non-hydrogen) atoms. The number of benzene rings is 1. The van der Waals surface area contributed by atoms with Crippen LogP contribution in [-0.2, 0) is 30.8 Å². The van der Waals surface area contributed by atoms with E-state index in [0.29, 0.717) is 37.4 Å². The van der Waals surface area contributed by atoms with Crippen LogP contribution in [-0.4, -0.2) is 69.2 Å². The van der Waals surface area contributed by atoms with Gasteiger partial charge in [-0.1, -0.05) is 0 Å². The molecule has 1 aromatic rings. The van der Waals surface area contributed by atoms with E-state index in [2.05, 4.69) is 10.0 Å². The number of rotatable bonds is 5. The van der Waals surface area contributed by atoms with Crippen LogP contribution in [0, 0.1) is 0 Å². The van der Waals surface area contributed by atoms with E-state index >= 15 is 0 Å². The van der Waals surface area contributed by atoms with Crippen LogP contribution < -0.4 is 10.0 Å². The first kappa shape index (κ1) is 17.4. The maximum absolute atomic E-state index is 12.4. The maximum Gasteiger partial charge on any atom is 0.241 e. The first-order valence-corrected chi connectivity index (χ1v) is 9.27. The number of amides is 3. The fourth-order valence-electron chi connectivity index (χ4n) is 2.80. The highest BCUT2D eigenvalue weighted by Crippen LogP contribution is 2.25. The van der Waals surface area contributed by atoms with Crippen molar-refractivity contribution in [3.8, 4) is 0 Å². The van der Waals surface area contributed by atoms with Gasteiger partial charge in [-0.2, -0.15) is 0 Å². The highest BCUT2D eigenvalue weighted by atomic mass is 32.2. The summed E-state index contributed by atoms with van der Waals surface area (Å²) in [4.78, 5) is 37.2. The van der Waals surface area contributed by atoms with Gasteiger partial charge in [0.05, 0.1) is 17.9 Å². The third-order valence-corrected chi connectivity index (χ3v) is 5.64. The highest BCUT2D eigenvalue weighted by Gasteiger charge is 2.24. The lowest BCUT2D eigenvalue weighted by atomic mass is 10.2. The summed E-state index contributed by atoms with van der Waals surface area (Å²) in [6.45, 7) is 1.29. The summed E-state index contributed by atoms with van der Waals surface area (Å²) in [7, 11) is -3.85. The van der Waals surface area contributed by atoms with Crippen LogP contribution >= 0.6 is 0 Å². The van der Waals surface area contributed by atoms with Gasteiger partial charge in [0.2, 0.25) is 28.2 Å². The van der Waals surface area contributed by atoms with Crippen molar-refractivity contribution in [1.29, 1.82) is 0 Å². The van der Waals surface area contributed by atoms with Crippen molar-refractivity contribution in [2.75, 3.05) is 38.0 Å². The van der Waals surface area contributed by atoms with Crippen LogP contribution in [0.15, 0.2) is 23.1 Å². The largest absolute Gasteiger partial charge is 0.342 e. The lowest BCUT2D eigenvalue weighted by Crippen LogP contribution is -2.50. The molecule has 0 atom stereocenters. The molecule has 0 bridgehead atoms. The summed E-state index contributed by atoms with van der Waals surface area (Å²) < 4.78 is 27.0. The number of carbonyl (C=O) groups excluding carboxylic acids is 3.